The quantitative estimate of drug-likeness (QED) is 0.507. The summed E-state index contributed by atoms with van der Waals surface area (Å²) < 4.78 is 11.3. The van der Waals surface area contributed by atoms with Gasteiger partial charge in [-0.05, 0) is 6.42 Å². The molecule has 0 aliphatic rings. The summed E-state index contributed by atoms with van der Waals surface area (Å²) in [6, 6.07) is 0. The molecule has 0 aliphatic heterocycles. The Hall–Kier alpha value is -1.54. The van der Waals surface area contributed by atoms with Gasteiger partial charge in [0, 0.05) is 34.8 Å². The molecule has 8 heteroatoms. The van der Waals surface area contributed by atoms with Gasteiger partial charge in [-0.2, -0.15) is 0 Å². The molecule has 0 saturated heterocycles. The molecule has 1 heterocycles. The van der Waals surface area contributed by atoms with E-state index in [1.165, 1.54) is 6.20 Å². The summed E-state index contributed by atoms with van der Waals surface area (Å²) in [4.78, 5) is 20.6. The molecule has 0 fully saturated rings. The number of carbonyl (C=O) groups excluding carboxylic acids is 1. The van der Waals surface area contributed by atoms with E-state index in [2.05, 4.69) is 20.7 Å². The van der Waals surface area contributed by atoms with Crippen LogP contribution >= 0.6 is 0 Å². The summed E-state index contributed by atoms with van der Waals surface area (Å²) in [6.07, 6.45) is 3.80. The molecule has 1 rings (SSSR count). The van der Waals surface area contributed by atoms with E-state index in [9.17, 15) is 9.00 Å². The lowest BCUT2D eigenvalue weighted by Crippen LogP contribution is -2.30. The molecule has 1 aromatic heterocycles. The first-order chi connectivity index (χ1) is 9.86. The van der Waals surface area contributed by atoms with Gasteiger partial charge in [-0.1, -0.05) is 20.8 Å². The molecule has 0 aromatic carbocycles. The highest BCUT2D eigenvalue weighted by Gasteiger charge is 2.16. The van der Waals surface area contributed by atoms with Crippen LogP contribution < -0.4 is 16.6 Å². The van der Waals surface area contributed by atoms with E-state index < -0.39 is 10.8 Å². The van der Waals surface area contributed by atoms with Gasteiger partial charge >= 0.3 is 0 Å². The molecule has 118 valence electrons. The molecule has 0 spiro atoms. The van der Waals surface area contributed by atoms with Crippen LogP contribution in [0.5, 0.6) is 0 Å². The van der Waals surface area contributed by atoms with Crippen molar-refractivity contribution < 1.29 is 9.00 Å². The van der Waals surface area contributed by atoms with E-state index in [4.69, 9.17) is 5.84 Å². The SMILES string of the molecule is CC(C)c1ncc(NN)c(C(=O)NCCC(C)S(C)=O)n1. The second-order valence-electron chi connectivity index (χ2n) is 5.14. The third kappa shape index (κ3) is 5.05. The third-order valence-electron chi connectivity index (χ3n) is 3.10. The minimum Gasteiger partial charge on any atom is -0.351 e. The van der Waals surface area contributed by atoms with Crippen LogP contribution in [-0.2, 0) is 10.8 Å². The number of hydrogen-bond donors (Lipinski definition) is 3. The lowest BCUT2D eigenvalue weighted by atomic mass is 10.2. The van der Waals surface area contributed by atoms with Gasteiger partial charge in [-0.15, -0.1) is 0 Å². The predicted octanol–water partition coefficient (Wildman–Crippen LogP) is 0.772. The number of hydrogen-bond acceptors (Lipinski definition) is 6. The lowest BCUT2D eigenvalue weighted by molar-refractivity contribution is 0.0948. The minimum absolute atomic E-state index is 0.0361. The van der Waals surface area contributed by atoms with E-state index in [0.717, 1.165) is 0 Å². The predicted molar refractivity (Wildman–Crippen MR) is 84.4 cm³/mol. The Morgan fingerprint density at radius 1 is 1.43 bits per heavy atom. The molecule has 0 bridgehead atoms. The van der Waals surface area contributed by atoms with Gasteiger partial charge in [0.2, 0.25) is 0 Å². The summed E-state index contributed by atoms with van der Waals surface area (Å²) >= 11 is 0. The van der Waals surface area contributed by atoms with Crippen LogP contribution in [0, 0.1) is 0 Å². The number of aromatic nitrogens is 2. The van der Waals surface area contributed by atoms with Crippen molar-refractivity contribution in [2.75, 3.05) is 18.2 Å². The molecule has 0 saturated carbocycles. The molecular formula is C13H23N5O2S. The van der Waals surface area contributed by atoms with Crippen LogP contribution in [0.1, 0.15) is 49.4 Å². The van der Waals surface area contributed by atoms with Gasteiger partial charge in [0.25, 0.3) is 5.91 Å². The van der Waals surface area contributed by atoms with E-state index in [0.29, 0.717) is 24.5 Å². The normalized spacial score (nSPS) is 13.8. The van der Waals surface area contributed by atoms with Crippen LogP contribution in [-0.4, -0.2) is 38.1 Å². The smallest absolute Gasteiger partial charge is 0.272 e. The van der Waals surface area contributed by atoms with Crippen molar-refractivity contribution >= 4 is 22.4 Å². The van der Waals surface area contributed by atoms with Crippen molar-refractivity contribution in [2.24, 2.45) is 5.84 Å². The Morgan fingerprint density at radius 2 is 2.10 bits per heavy atom. The van der Waals surface area contributed by atoms with E-state index in [-0.39, 0.29) is 22.8 Å². The first kappa shape index (κ1) is 17.5. The number of nitrogen functional groups attached to an aromatic ring is 1. The van der Waals surface area contributed by atoms with E-state index >= 15 is 0 Å². The number of hydrazine groups is 1. The second kappa shape index (κ2) is 8.04. The van der Waals surface area contributed by atoms with Crippen LogP contribution in [0.3, 0.4) is 0 Å². The summed E-state index contributed by atoms with van der Waals surface area (Å²) in [7, 11) is -0.895. The van der Waals surface area contributed by atoms with Crippen molar-refractivity contribution in [2.45, 2.75) is 38.4 Å². The van der Waals surface area contributed by atoms with Crippen molar-refractivity contribution in [3.8, 4) is 0 Å². The molecular weight excluding hydrogens is 290 g/mol. The molecule has 0 radical (unpaired) electrons. The molecule has 21 heavy (non-hydrogen) atoms. The average Bonchev–Trinajstić information content (AvgIpc) is 2.45. The van der Waals surface area contributed by atoms with Gasteiger partial charge < -0.3 is 10.7 Å². The van der Waals surface area contributed by atoms with Crippen LogP contribution in [0.15, 0.2) is 6.20 Å². The van der Waals surface area contributed by atoms with Crippen molar-refractivity contribution in [3.63, 3.8) is 0 Å². The number of rotatable bonds is 7. The molecule has 7 nitrogen and oxygen atoms in total. The standard InChI is InChI=1S/C13H23N5O2S/c1-8(2)12-16-7-10(18-14)11(17-12)13(19)15-6-5-9(3)21(4)20/h7-9,18H,5-6,14H2,1-4H3,(H,15,19). The maximum atomic E-state index is 12.2. The monoisotopic (exact) mass is 313 g/mol. The molecule has 1 amide bonds. The Morgan fingerprint density at radius 3 is 2.62 bits per heavy atom. The number of carbonyl (C=O) groups is 1. The number of nitrogens with two attached hydrogens (primary N) is 1. The zero-order valence-corrected chi connectivity index (χ0v) is 13.7. The van der Waals surface area contributed by atoms with Gasteiger partial charge in [0.15, 0.2) is 5.69 Å². The molecule has 1 aromatic rings. The van der Waals surface area contributed by atoms with E-state index in [1.54, 1.807) is 6.26 Å². The largest absolute Gasteiger partial charge is 0.351 e. The Kier molecular flexibility index (Phi) is 6.70. The third-order valence-corrected chi connectivity index (χ3v) is 4.47. The molecule has 4 N–H and O–H groups in total. The average molecular weight is 313 g/mol. The van der Waals surface area contributed by atoms with Gasteiger partial charge in [0.05, 0.1) is 11.9 Å². The van der Waals surface area contributed by atoms with Gasteiger partial charge in [-0.3, -0.25) is 14.8 Å². The second-order valence-corrected chi connectivity index (χ2v) is 6.95. The number of anilines is 1. The topological polar surface area (TPSA) is 110 Å². The maximum absolute atomic E-state index is 12.2. The number of amides is 1. The molecule has 2 atom stereocenters. The fourth-order valence-corrected chi connectivity index (χ4v) is 2.04. The summed E-state index contributed by atoms with van der Waals surface area (Å²) in [5.41, 5.74) is 3.03. The zero-order chi connectivity index (χ0) is 16.0. The molecule has 2 unspecified atom stereocenters. The maximum Gasteiger partial charge on any atom is 0.272 e. The first-order valence-electron chi connectivity index (χ1n) is 6.80. The fourth-order valence-electron chi connectivity index (χ4n) is 1.59. The Labute approximate surface area is 127 Å². The van der Waals surface area contributed by atoms with Crippen LogP contribution in [0.25, 0.3) is 0 Å². The first-order valence-corrected chi connectivity index (χ1v) is 8.42. The van der Waals surface area contributed by atoms with E-state index in [1.807, 2.05) is 20.8 Å². The Bertz CT molecular complexity index is 521. The highest BCUT2D eigenvalue weighted by molar-refractivity contribution is 7.84. The van der Waals surface area contributed by atoms with Crippen molar-refractivity contribution in [3.05, 3.63) is 17.7 Å². The lowest BCUT2D eigenvalue weighted by Gasteiger charge is -2.12. The van der Waals surface area contributed by atoms with Gasteiger partial charge in [0.1, 0.15) is 5.82 Å². The van der Waals surface area contributed by atoms with Crippen molar-refractivity contribution in [1.82, 2.24) is 15.3 Å². The summed E-state index contributed by atoms with van der Waals surface area (Å²) in [5, 5.41) is 2.80. The van der Waals surface area contributed by atoms with Crippen LogP contribution in [0.4, 0.5) is 5.69 Å². The van der Waals surface area contributed by atoms with Crippen molar-refractivity contribution in [1.29, 1.82) is 0 Å². The van der Waals surface area contributed by atoms with Crippen LogP contribution in [0.2, 0.25) is 0 Å². The molecule has 0 aliphatic carbocycles. The fraction of sp³-hybridized carbons (Fsp3) is 0.615. The minimum atomic E-state index is -0.895. The number of nitrogens with zero attached hydrogens (tertiary/aromatic N) is 2. The van der Waals surface area contributed by atoms with Gasteiger partial charge in [-0.25, -0.2) is 9.97 Å². The number of nitrogens with one attached hydrogen (secondary N) is 2. The highest BCUT2D eigenvalue weighted by Crippen LogP contribution is 2.15. The Balaban J connectivity index is 2.76. The summed E-state index contributed by atoms with van der Waals surface area (Å²) in [5.74, 6) is 5.76. The summed E-state index contributed by atoms with van der Waals surface area (Å²) in [6.45, 7) is 6.22. The highest BCUT2D eigenvalue weighted by atomic mass is 32.2. The zero-order valence-electron chi connectivity index (χ0n) is 12.8.